The highest BCUT2D eigenvalue weighted by atomic mass is 16.2. The molecule has 27 heavy (non-hydrogen) atoms. The number of fused-ring (bicyclic) bond motifs is 1. The first-order valence-electron chi connectivity index (χ1n) is 10.9. The Balaban J connectivity index is 1.20. The lowest BCUT2D eigenvalue weighted by Crippen LogP contribution is -2.55. The van der Waals surface area contributed by atoms with E-state index in [4.69, 9.17) is 0 Å². The number of carbonyl (C=O) groups is 1. The van der Waals surface area contributed by atoms with Crippen LogP contribution in [0.1, 0.15) is 38.5 Å². The van der Waals surface area contributed by atoms with Crippen molar-refractivity contribution in [2.24, 2.45) is 0 Å². The first-order chi connectivity index (χ1) is 13.3. The van der Waals surface area contributed by atoms with Gasteiger partial charge in [0.2, 0.25) is 5.91 Å². The summed E-state index contributed by atoms with van der Waals surface area (Å²) >= 11 is 0. The Labute approximate surface area is 162 Å². The van der Waals surface area contributed by atoms with Gasteiger partial charge in [0, 0.05) is 69.1 Å². The molecule has 1 atom stereocenters. The lowest BCUT2D eigenvalue weighted by Gasteiger charge is -2.45. The summed E-state index contributed by atoms with van der Waals surface area (Å²) in [5.41, 5.74) is 2.36. The average Bonchev–Trinajstić information content (AvgIpc) is 3.36. The van der Waals surface area contributed by atoms with Gasteiger partial charge in [-0.05, 0) is 56.8 Å². The van der Waals surface area contributed by atoms with Crippen LogP contribution in [0.5, 0.6) is 0 Å². The van der Waals surface area contributed by atoms with Gasteiger partial charge >= 0.3 is 0 Å². The molecule has 4 fully saturated rings. The zero-order valence-corrected chi connectivity index (χ0v) is 16.4. The molecule has 146 valence electrons. The molecule has 4 aliphatic rings. The Morgan fingerprint density at radius 1 is 0.778 bits per heavy atom. The fraction of sp³-hybridized carbons (Fsp3) is 0.682. The largest absolute Gasteiger partial charge is 0.371 e. The smallest absolute Gasteiger partial charge is 0.227 e. The topological polar surface area (TPSA) is 30.0 Å². The van der Waals surface area contributed by atoms with Crippen molar-refractivity contribution in [3.8, 4) is 0 Å². The van der Waals surface area contributed by atoms with Crippen molar-refractivity contribution in [3.05, 3.63) is 24.3 Å². The van der Waals surface area contributed by atoms with Gasteiger partial charge in [-0.15, -0.1) is 0 Å². The summed E-state index contributed by atoms with van der Waals surface area (Å²) in [5, 5.41) is 0. The molecule has 1 aromatic carbocycles. The van der Waals surface area contributed by atoms with E-state index in [2.05, 4.69) is 39.0 Å². The van der Waals surface area contributed by atoms with Crippen LogP contribution in [-0.2, 0) is 4.79 Å². The van der Waals surface area contributed by atoms with Crippen LogP contribution in [0.4, 0.5) is 11.4 Å². The van der Waals surface area contributed by atoms with Gasteiger partial charge in [-0.2, -0.15) is 0 Å². The number of piperazine rings is 1. The van der Waals surface area contributed by atoms with Gasteiger partial charge in [0.1, 0.15) is 0 Å². The molecule has 5 rings (SSSR count). The zero-order valence-electron chi connectivity index (χ0n) is 16.4. The van der Waals surface area contributed by atoms with Crippen LogP contribution in [0.15, 0.2) is 24.3 Å². The SMILES string of the molecule is O=C1CCCN1c1cccc(N2CCC(N3CCN4CCC[C@@H]4C3)CC2)c1. The Morgan fingerprint density at radius 2 is 1.59 bits per heavy atom. The quantitative estimate of drug-likeness (QED) is 0.820. The number of anilines is 2. The third kappa shape index (κ3) is 3.47. The Hall–Kier alpha value is -1.59. The van der Waals surface area contributed by atoms with Gasteiger partial charge in [-0.3, -0.25) is 14.6 Å². The number of piperidine rings is 1. The predicted octanol–water partition coefficient (Wildman–Crippen LogP) is 2.56. The molecule has 1 amide bonds. The number of hydrogen-bond acceptors (Lipinski definition) is 4. The minimum atomic E-state index is 0.275. The zero-order chi connectivity index (χ0) is 18.2. The standard InChI is InChI=1S/C22H32N4O/c27-22-7-3-11-26(22)20-5-1-4-19(16-20)24-12-8-18(9-13-24)25-15-14-23-10-2-6-21(23)17-25/h1,4-5,16,18,21H,2-3,6-15,17H2/t21-/m1/s1. The van der Waals surface area contributed by atoms with E-state index < -0.39 is 0 Å². The minimum absolute atomic E-state index is 0.275. The van der Waals surface area contributed by atoms with E-state index >= 15 is 0 Å². The third-order valence-corrected chi connectivity index (χ3v) is 7.18. The van der Waals surface area contributed by atoms with E-state index in [1.165, 1.54) is 57.5 Å². The molecule has 0 saturated carbocycles. The molecule has 4 heterocycles. The molecule has 5 heteroatoms. The number of nitrogens with zero attached hydrogens (tertiary/aromatic N) is 4. The van der Waals surface area contributed by atoms with Crippen LogP contribution in [0.3, 0.4) is 0 Å². The lowest BCUT2D eigenvalue weighted by molar-refractivity contribution is -0.117. The van der Waals surface area contributed by atoms with Gasteiger partial charge in [-0.25, -0.2) is 0 Å². The number of rotatable bonds is 3. The number of amides is 1. The fourth-order valence-electron chi connectivity index (χ4n) is 5.61. The second kappa shape index (κ2) is 7.44. The molecular weight excluding hydrogens is 336 g/mol. The molecule has 0 N–H and O–H groups in total. The van der Waals surface area contributed by atoms with E-state index in [1.807, 2.05) is 4.90 Å². The molecule has 0 aliphatic carbocycles. The number of carbonyl (C=O) groups excluding carboxylic acids is 1. The highest BCUT2D eigenvalue weighted by Crippen LogP contribution is 2.30. The molecule has 4 saturated heterocycles. The van der Waals surface area contributed by atoms with Crippen LogP contribution in [-0.4, -0.2) is 73.6 Å². The van der Waals surface area contributed by atoms with Crippen molar-refractivity contribution in [2.75, 3.05) is 55.6 Å². The highest BCUT2D eigenvalue weighted by Gasteiger charge is 2.34. The van der Waals surface area contributed by atoms with Gasteiger partial charge in [-0.1, -0.05) is 6.07 Å². The Kier molecular flexibility index (Phi) is 4.82. The molecule has 1 aromatic rings. The van der Waals surface area contributed by atoms with Gasteiger partial charge < -0.3 is 9.80 Å². The number of benzene rings is 1. The van der Waals surface area contributed by atoms with E-state index in [0.717, 1.165) is 43.8 Å². The highest BCUT2D eigenvalue weighted by molar-refractivity contribution is 5.95. The van der Waals surface area contributed by atoms with Gasteiger partial charge in [0.05, 0.1) is 0 Å². The van der Waals surface area contributed by atoms with E-state index in [-0.39, 0.29) is 5.91 Å². The molecule has 0 unspecified atom stereocenters. The maximum absolute atomic E-state index is 12.1. The average molecular weight is 369 g/mol. The van der Waals surface area contributed by atoms with Crippen molar-refractivity contribution in [2.45, 2.75) is 50.6 Å². The maximum atomic E-state index is 12.1. The van der Waals surface area contributed by atoms with Crippen molar-refractivity contribution < 1.29 is 4.79 Å². The second-order valence-corrected chi connectivity index (χ2v) is 8.71. The lowest BCUT2D eigenvalue weighted by atomic mass is 10.00. The minimum Gasteiger partial charge on any atom is -0.371 e. The molecule has 4 aliphatic heterocycles. The first kappa shape index (κ1) is 17.5. The van der Waals surface area contributed by atoms with Crippen molar-refractivity contribution in [1.82, 2.24) is 9.80 Å². The van der Waals surface area contributed by atoms with Crippen LogP contribution in [0, 0.1) is 0 Å². The van der Waals surface area contributed by atoms with Gasteiger partial charge in [0.25, 0.3) is 0 Å². The summed E-state index contributed by atoms with van der Waals surface area (Å²) in [6.45, 7) is 8.28. The van der Waals surface area contributed by atoms with Crippen LogP contribution in [0.25, 0.3) is 0 Å². The third-order valence-electron chi connectivity index (χ3n) is 7.18. The Bertz CT molecular complexity index is 685. The van der Waals surface area contributed by atoms with Gasteiger partial charge in [0.15, 0.2) is 0 Å². The summed E-state index contributed by atoms with van der Waals surface area (Å²) in [5.74, 6) is 0.275. The summed E-state index contributed by atoms with van der Waals surface area (Å²) < 4.78 is 0. The summed E-state index contributed by atoms with van der Waals surface area (Å²) in [7, 11) is 0. The van der Waals surface area contributed by atoms with E-state index in [0.29, 0.717) is 6.42 Å². The van der Waals surface area contributed by atoms with Crippen molar-refractivity contribution in [3.63, 3.8) is 0 Å². The second-order valence-electron chi connectivity index (χ2n) is 8.71. The van der Waals surface area contributed by atoms with Crippen LogP contribution >= 0.6 is 0 Å². The molecule has 0 radical (unpaired) electrons. The molecule has 0 spiro atoms. The van der Waals surface area contributed by atoms with Crippen molar-refractivity contribution in [1.29, 1.82) is 0 Å². The number of hydrogen-bond donors (Lipinski definition) is 0. The van der Waals surface area contributed by atoms with Crippen molar-refractivity contribution >= 4 is 17.3 Å². The van der Waals surface area contributed by atoms with E-state index in [1.54, 1.807) is 0 Å². The summed E-state index contributed by atoms with van der Waals surface area (Å²) in [4.78, 5) is 22.0. The summed E-state index contributed by atoms with van der Waals surface area (Å²) in [6, 6.07) is 10.2. The molecular formula is C22H32N4O. The molecule has 5 nitrogen and oxygen atoms in total. The molecule has 0 bridgehead atoms. The predicted molar refractivity (Wildman–Crippen MR) is 109 cm³/mol. The fourth-order valence-corrected chi connectivity index (χ4v) is 5.61. The maximum Gasteiger partial charge on any atom is 0.227 e. The van der Waals surface area contributed by atoms with E-state index in [9.17, 15) is 4.79 Å². The summed E-state index contributed by atoms with van der Waals surface area (Å²) in [6.07, 6.45) is 7.01. The first-order valence-corrected chi connectivity index (χ1v) is 10.9. The van der Waals surface area contributed by atoms with Crippen LogP contribution < -0.4 is 9.80 Å². The molecule has 0 aromatic heterocycles. The Morgan fingerprint density at radius 3 is 2.41 bits per heavy atom. The monoisotopic (exact) mass is 368 g/mol. The normalized spacial score (nSPS) is 28.1. The van der Waals surface area contributed by atoms with Crippen LogP contribution in [0.2, 0.25) is 0 Å².